The van der Waals surface area contributed by atoms with Gasteiger partial charge >= 0.3 is 29.6 Å². The molecule has 0 fully saturated rings. The van der Waals surface area contributed by atoms with Crippen LogP contribution in [0, 0.1) is 0 Å². The first kappa shape index (κ1) is 797. The van der Waals surface area contributed by atoms with Gasteiger partial charge in [-0.2, -0.15) is 0 Å². The topological polar surface area (TPSA) is 220 Å². The van der Waals surface area contributed by atoms with Crippen LogP contribution in [0.5, 0.6) is 0 Å². The molecule has 0 aliphatic rings. The van der Waals surface area contributed by atoms with Crippen LogP contribution in [0.25, 0.3) is 0 Å². The molecule has 0 bridgehead atoms. The van der Waals surface area contributed by atoms with Crippen LogP contribution in [-0.4, -0.2) is 38.3 Å². The van der Waals surface area contributed by atoms with Gasteiger partial charge in [-0.3, -0.25) is 0 Å². The predicted molar refractivity (Wildman–Crippen MR) is 25.3 cm³/mol. The summed E-state index contributed by atoms with van der Waals surface area (Å²) in [7, 11) is 0. The minimum Gasteiger partial charge on any atom is -1.00 e. The summed E-state index contributed by atoms with van der Waals surface area (Å²) >= 11 is 0. The van der Waals surface area contributed by atoms with Crippen LogP contribution in [0.15, 0.2) is 0 Å². The molecule has 0 aromatic rings. The van der Waals surface area contributed by atoms with Crippen LogP contribution in [0.2, 0.25) is 0 Å². The number of hydrogen-bond donors (Lipinski definition) is 0. The fourth-order valence-corrected chi connectivity index (χ4v) is 0. The van der Waals surface area contributed by atoms with Crippen molar-refractivity contribution < 1.29 is 80.3 Å². The largest absolute Gasteiger partial charge is 1.00 e. The maximum Gasteiger partial charge on any atom is 1.00 e. The molecule has 14 N–H and O–H groups in total. The van der Waals surface area contributed by atoms with Crippen molar-refractivity contribution in [1.82, 2.24) is 0 Å². The zero-order valence-electron chi connectivity index (χ0n) is 4.88. The van der Waals surface area contributed by atoms with E-state index >= 15 is 0 Å². The van der Waals surface area contributed by atoms with Gasteiger partial charge in [0.25, 0.3) is 0 Å². The van der Waals surface area contributed by atoms with Crippen LogP contribution in [0.1, 0.15) is 0 Å². The zero-order chi connectivity index (χ0) is 0. The molecule has 0 saturated carbocycles. The minimum atomic E-state index is 0. The van der Waals surface area contributed by atoms with Gasteiger partial charge in [-0.25, -0.2) is 0 Å². The standard InChI is InChI=1S/ClH.Na.7H2O/h1H;;7*1H2/q;+1;;;;;;;/p-1. The van der Waals surface area contributed by atoms with Crippen LogP contribution >= 0.6 is 0 Å². The Morgan fingerprint density at radius 2 is 0.333 bits per heavy atom. The first-order chi connectivity index (χ1) is 0. The summed E-state index contributed by atoms with van der Waals surface area (Å²) in [5.41, 5.74) is 0. The summed E-state index contributed by atoms with van der Waals surface area (Å²) in [5, 5.41) is 0. The van der Waals surface area contributed by atoms with E-state index in [0.717, 1.165) is 0 Å². The van der Waals surface area contributed by atoms with Crippen molar-refractivity contribution in [2.24, 2.45) is 0 Å². The predicted octanol–water partition coefficient (Wildman–Crippen LogP) is -11.8. The van der Waals surface area contributed by atoms with Gasteiger partial charge in [-0.15, -0.1) is 0 Å². The third-order valence-corrected chi connectivity index (χ3v) is 0. The van der Waals surface area contributed by atoms with E-state index in [1.807, 2.05) is 0 Å². The molecule has 9 heteroatoms. The summed E-state index contributed by atoms with van der Waals surface area (Å²) in [4.78, 5) is 0. The normalized spacial score (nSPS) is 0. The molecule has 0 amide bonds. The Bertz CT molecular complexity index is 8.88. The quantitative estimate of drug-likeness (QED) is 0.320. The second-order valence-corrected chi connectivity index (χ2v) is 0. The monoisotopic (exact) mass is 184 g/mol. The van der Waals surface area contributed by atoms with E-state index in [0.29, 0.717) is 0 Å². The van der Waals surface area contributed by atoms with E-state index in [2.05, 4.69) is 0 Å². The molecule has 0 aromatic carbocycles. The Labute approximate surface area is 80.3 Å². The molecular weight excluding hydrogens is 170 g/mol. The maximum absolute atomic E-state index is 0. The van der Waals surface area contributed by atoms with Gasteiger partial charge in [-0.1, -0.05) is 0 Å². The second-order valence-electron chi connectivity index (χ2n) is 0. The molecule has 0 unspecified atom stereocenters. The summed E-state index contributed by atoms with van der Waals surface area (Å²) in [5.74, 6) is 0. The van der Waals surface area contributed by atoms with Gasteiger partial charge in [0.15, 0.2) is 0 Å². The fraction of sp³-hybridized carbons (Fsp3) is 0. The van der Waals surface area contributed by atoms with Gasteiger partial charge in [-0.05, 0) is 0 Å². The van der Waals surface area contributed by atoms with E-state index in [4.69, 9.17) is 0 Å². The molecule has 9 heavy (non-hydrogen) atoms. The van der Waals surface area contributed by atoms with Crippen molar-refractivity contribution in [3.05, 3.63) is 0 Å². The average molecular weight is 185 g/mol. The van der Waals surface area contributed by atoms with Gasteiger partial charge in [0.2, 0.25) is 0 Å². The Morgan fingerprint density at radius 3 is 0.333 bits per heavy atom. The minimum absolute atomic E-state index is 0. The van der Waals surface area contributed by atoms with Crippen LogP contribution in [-0.2, 0) is 0 Å². The smallest absolute Gasteiger partial charge is 1.00 e. The van der Waals surface area contributed by atoms with Gasteiger partial charge in [0.1, 0.15) is 0 Å². The zero-order valence-corrected chi connectivity index (χ0v) is 7.63. The molecule has 0 radical (unpaired) electrons. The summed E-state index contributed by atoms with van der Waals surface area (Å²) < 4.78 is 0. The van der Waals surface area contributed by atoms with E-state index < -0.39 is 0 Å². The molecular formula is H14ClNaO7. The fourth-order valence-electron chi connectivity index (χ4n) is 0. The van der Waals surface area contributed by atoms with Crippen molar-refractivity contribution in [1.29, 1.82) is 0 Å². The average Bonchev–Trinajstić information content (AvgIpc) is 0. The molecule has 0 rings (SSSR count). The number of halogens is 1. The second kappa shape index (κ2) is 567. The molecule has 7 nitrogen and oxygen atoms in total. The van der Waals surface area contributed by atoms with Crippen molar-refractivity contribution in [3.8, 4) is 0 Å². The van der Waals surface area contributed by atoms with Crippen LogP contribution in [0.4, 0.5) is 0 Å². The molecule has 0 spiro atoms. The first-order valence-corrected chi connectivity index (χ1v) is 0. The first-order valence-electron chi connectivity index (χ1n) is 0. The molecule has 0 atom stereocenters. The van der Waals surface area contributed by atoms with E-state index in [1.165, 1.54) is 0 Å². The van der Waals surface area contributed by atoms with E-state index in [-0.39, 0.29) is 80.3 Å². The van der Waals surface area contributed by atoms with Gasteiger partial charge < -0.3 is 50.7 Å². The molecule has 0 saturated heterocycles. The Hall–Kier alpha value is 1.01. The molecule has 0 aliphatic carbocycles. The van der Waals surface area contributed by atoms with E-state index in [9.17, 15) is 0 Å². The number of rotatable bonds is 0. The summed E-state index contributed by atoms with van der Waals surface area (Å²) in [6.45, 7) is 0. The third kappa shape index (κ3) is 434. The van der Waals surface area contributed by atoms with Crippen molar-refractivity contribution in [2.45, 2.75) is 0 Å². The summed E-state index contributed by atoms with van der Waals surface area (Å²) in [6, 6.07) is 0. The summed E-state index contributed by atoms with van der Waals surface area (Å²) in [6.07, 6.45) is 0. The third-order valence-electron chi connectivity index (χ3n) is 0. The van der Waals surface area contributed by atoms with Crippen molar-refractivity contribution in [3.63, 3.8) is 0 Å². The van der Waals surface area contributed by atoms with E-state index in [1.54, 1.807) is 0 Å². The van der Waals surface area contributed by atoms with Crippen LogP contribution < -0.4 is 42.0 Å². The van der Waals surface area contributed by atoms with Crippen molar-refractivity contribution >= 4 is 0 Å². The van der Waals surface area contributed by atoms with Gasteiger partial charge in [0, 0.05) is 0 Å². The van der Waals surface area contributed by atoms with Crippen LogP contribution in [0.3, 0.4) is 0 Å². The number of hydrogen-bond acceptors (Lipinski definition) is 0. The maximum atomic E-state index is 0. The Balaban J connectivity index is 0. The Morgan fingerprint density at radius 1 is 0.333 bits per heavy atom. The SMILES string of the molecule is O.O.O.O.O.O.O.[Cl-].[Na+]. The molecule has 64 valence electrons. The molecule has 0 aromatic heterocycles. The van der Waals surface area contributed by atoms with Gasteiger partial charge in [0.05, 0.1) is 0 Å². The molecule has 0 aliphatic heterocycles. The van der Waals surface area contributed by atoms with Crippen molar-refractivity contribution in [2.75, 3.05) is 0 Å². The molecule has 0 heterocycles. The Kier molecular flexibility index (Phi) is 50200.